The summed E-state index contributed by atoms with van der Waals surface area (Å²) < 4.78 is 11.6. The Morgan fingerprint density at radius 2 is 1.95 bits per heavy atom. The lowest BCUT2D eigenvalue weighted by Crippen LogP contribution is -2.35. The van der Waals surface area contributed by atoms with Gasteiger partial charge < -0.3 is 14.8 Å². The molecule has 1 saturated heterocycles. The summed E-state index contributed by atoms with van der Waals surface area (Å²) in [5.41, 5.74) is 1.21. The fourth-order valence-electron chi connectivity index (χ4n) is 2.80. The zero-order valence-electron chi connectivity index (χ0n) is 11.1. The van der Waals surface area contributed by atoms with E-state index in [9.17, 15) is 0 Å². The van der Waals surface area contributed by atoms with Crippen LogP contribution in [0.3, 0.4) is 0 Å². The number of hydrogen-bond donors (Lipinski definition) is 1. The van der Waals surface area contributed by atoms with Gasteiger partial charge in [0.25, 0.3) is 0 Å². The van der Waals surface area contributed by atoms with Gasteiger partial charge in [-0.15, -0.1) is 0 Å². The maximum absolute atomic E-state index is 6.21. The van der Waals surface area contributed by atoms with Crippen LogP contribution in [0.1, 0.15) is 31.2 Å². The van der Waals surface area contributed by atoms with Gasteiger partial charge in [0.2, 0.25) is 0 Å². The molecular weight excluding hydrogens is 262 g/mol. The van der Waals surface area contributed by atoms with Crippen LogP contribution in [0.4, 0.5) is 0 Å². The average molecular weight is 282 g/mol. The van der Waals surface area contributed by atoms with Crippen LogP contribution in [0.25, 0.3) is 0 Å². The molecule has 2 heterocycles. The fraction of sp³-hybridized carbons (Fsp3) is 0.600. The maximum Gasteiger partial charge on any atom is 0.180 e. The lowest BCUT2D eigenvalue weighted by atomic mass is 9.97. The first-order chi connectivity index (χ1) is 9.34. The Kier molecular flexibility index (Phi) is 4.14. The molecule has 0 spiro atoms. The van der Waals surface area contributed by atoms with Gasteiger partial charge in [-0.3, -0.25) is 0 Å². The highest BCUT2D eigenvalue weighted by Crippen LogP contribution is 2.40. The minimum absolute atomic E-state index is 0.547. The minimum atomic E-state index is 0.547. The van der Waals surface area contributed by atoms with E-state index in [-0.39, 0.29) is 0 Å². The number of halogens is 1. The SMILES string of the molecule is Clc1ccc(CC2CCCCN2)c2c1OCCCO2. The van der Waals surface area contributed by atoms with Crippen LogP contribution < -0.4 is 14.8 Å². The molecule has 2 aliphatic heterocycles. The van der Waals surface area contributed by atoms with Crippen molar-refractivity contribution >= 4 is 11.6 Å². The largest absolute Gasteiger partial charge is 0.489 e. The van der Waals surface area contributed by atoms with E-state index in [1.165, 1.54) is 24.8 Å². The van der Waals surface area contributed by atoms with Crippen molar-refractivity contribution in [1.82, 2.24) is 5.32 Å². The Labute approximate surface area is 119 Å². The van der Waals surface area contributed by atoms with Crippen molar-refractivity contribution in [2.75, 3.05) is 19.8 Å². The lowest BCUT2D eigenvalue weighted by Gasteiger charge is -2.24. The van der Waals surface area contributed by atoms with E-state index < -0.39 is 0 Å². The topological polar surface area (TPSA) is 30.5 Å². The lowest BCUT2D eigenvalue weighted by molar-refractivity contribution is 0.295. The number of fused-ring (bicyclic) bond motifs is 1. The number of nitrogens with one attached hydrogen (secondary N) is 1. The Morgan fingerprint density at radius 3 is 2.74 bits per heavy atom. The van der Waals surface area contributed by atoms with Crippen LogP contribution in [0.5, 0.6) is 11.5 Å². The Bertz CT molecular complexity index is 444. The summed E-state index contributed by atoms with van der Waals surface area (Å²) >= 11 is 6.21. The molecule has 0 radical (unpaired) electrons. The number of benzene rings is 1. The van der Waals surface area contributed by atoms with Gasteiger partial charge in [0.1, 0.15) is 0 Å². The van der Waals surface area contributed by atoms with Crippen molar-refractivity contribution in [3.63, 3.8) is 0 Å². The summed E-state index contributed by atoms with van der Waals surface area (Å²) in [4.78, 5) is 0. The van der Waals surface area contributed by atoms with Gasteiger partial charge in [0.05, 0.1) is 18.2 Å². The number of rotatable bonds is 2. The van der Waals surface area contributed by atoms with Crippen LogP contribution in [-0.4, -0.2) is 25.8 Å². The normalized spacial score (nSPS) is 22.9. The number of ether oxygens (including phenoxy) is 2. The molecule has 1 aromatic carbocycles. The van der Waals surface area contributed by atoms with E-state index >= 15 is 0 Å². The van der Waals surface area contributed by atoms with Gasteiger partial charge in [-0.1, -0.05) is 24.1 Å². The van der Waals surface area contributed by atoms with E-state index in [2.05, 4.69) is 11.4 Å². The van der Waals surface area contributed by atoms with Crippen molar-refractivity contribution in [2.24, 2.45) is 0 Å². The van der Waals surface area contributed by atoms with E-state index in [0.29, 0.717) is 24.3 Å². The van der Waals surface area contributed by atoms with E-state index in [4.69, 9.17) is 21.1 Å². The van der Waals surface area contributed by atoms with E-state index in [1.54, 1.807) is 0 Å². The molecule has 1 N–H and O–H groups in total. The molecule has 1 fully saturated rings. The van der Waals surface area contributed by atoms with Crippen molar-refractivity contribution in [2.45, 2.75) is 38.1 Å². The molecule has 19 heavy (non-hydrogen) atoms. The summed E-state index contributed by atoms with van der Waals surface area (Å²) in [5.74, 6) is 1.59. The highest BCUT2D eigenvalue weighted by atomic mass is 35.5. The van der Waals surface area contributed by atoms with Crippen LogP contribution in [0.15, 0.2) is 12.1 Å². The molecule has 0 aliphatic carbocycles. The zero-order chi connectivity index (χ0) is 13.1. The van der Waals surface area contributed by atoms with Crippen LogP contribution >= 0.6 is 11.6 Å². The van der Waals surface area contributed by atoms with Gasteiger partial charge in [-0.2, -0.15) is 0 Å². The third kappa shape index (κ3) is 2.98. The molecule has 4 heteroatoms. The molecule has 1 atom stereocenters. The third-order valence-electron chi connectivity index (χ3n) is 3.81. The van der Waals surface area contributed by atoms with Gasteiger partial charge in [0, 0.05) is 12.5 Å². The molecule has 0 bridgehead atoms. The monoisotopic (exact) mass is 281 g/mol. The number of hydrogen-bond acceptors (Lipinski definition) is 3. The molecule has 0 saturated carbocycles. The van der Waals surface area contributed by atoms with Gasteiger partial charge in [-0.05, 0) is 37.4 Å². The second kappa shape index (κ2) is 6.02. The summed E-state index contributed by atoms with van der Waals surface area (Å²) in [5, 5.41) is 4.23. The van der Waals surface area contributed by atoms with E-state index in [0.717, 1.165) is 30.9 Å². The standard InChI is InChI=1S/C15H20ClNO2/c16-13-6-5-11(10-12-4-1-2-7-17-12)14-15(13)19-9-3-8-18-14/h5-6,12,17H,1-4,7-10H2. The van der Waals surface area contributed by atoms with E-state index in [1.807, 2.05) is 6.07 Å². The van der Waals surface area contributed by atoms with Crippen molar-refractivity contribution < 1.29 is 9.47 Å². The quantitative estimate of drug-likeness (QED) is 0.903. The molecule has 1 unspecified atom stereocenters. The second-order valence-electron chi connectivity index (χ2n) is 5.27. The van der Waals surface area contributed by atoms with Crippen molar-refractivity contribution in [3.8, 4) is 11.5 Å². The molecule has 104 valence electrons. The van der Waals surface area contributed by atoms with Crippen molar-refractivity contribution in [3.05, 3.63) is 22.7 Å². The van der Waals surface area contributed by atoms with Crippen LogP contribution in [0, 0.1) is 0 Å². The first-order valence-electron chi connectivity index (χ1n) is 7.15. The van der Waals surface area contributed by atoms with Crippen LogP contribution in [-0.2, 0) is 6.42 Å². The van der Waals surface area contributed by atoms with Gasteiger partial charge in [-0.25, -0.2) is 0 Å². The van der Waals surface area contributed by atoms with Gasteiger partial charge >= 0.3 is 0 Å². The highest BCUT2D eigenvalue weighted by molar-refractivity contribution is 6.32. The Balaban J connectivity index is 1.84. The predicted octanol–water partition coefficient (Wildman–Crippen LogP) is 3.19. The Morgan fingerprint density at radius 1 is 1.11 bits per heavy atom. The summed E-state index contributed by atoms with van der Waals surface area (Å²) in [6.07, 6.45) is 5.73. The third-order valence-corrected chi connectivity index (χ3v) is 4.10. The zero-order valence-corrected chi connectivity index (χ0v) is 11.8. The maximum atomic E-state index is 6.21. The molecular formula is C15H20ClNO2. The first kappa shape index (κ1) is 13.1. The molecule has 0 amide bonds. The highest BCUT2D eigenvalue weighted by Gasteiger charge is 2.21. The summed E-state index contributed by atoms with van der Waals surface area (Å²) in [7, 11) is 0. The number of piperidine rings is 1. The minimum Gasteiger partial charge on any atom is -0.489 e. The fourth-order valence-corrected chi connectivity index (χ4v) is 3.01. The average Bonchev–Trinajstić information content (AvgIpc) is 2.70. The molecule has 0 aromatic heterocycles. The predicted molar refractivity (Wildman–Crippen MR) is 76.4 cm³/mol. The summed E-state index contributed by atoms with van der Waals surface area (Å²) in [6.45, 7) is 2.51. The smallest absolute Gasteiger partial charge is 0.180 e. The molecule has 2 aliphatic rings. The summed E-state index contributed by atoms with van der Waals surface area (Å²) in [6, 6.07) is 4.55. The molecule has 3 nitrogen and oxygen atoms in total. The molecule has 1 aromatic rings. The molecule has 3 rings (SSSR count). The Hall–Kier alpha value is -0.930. The van der Waals surface area contributed by atoms with Crippen LogP contribution in [0.2, 0.25) is 5.02 Å². The van der Waals surface area contributed by atoms with Gasteiger partial charge in [0.15, 0.2) is 11.5 Å². The van der Waals surface area contributed by atoms with Crippen molar-refractivity contribution in [1.29, 1.82) is 0 Å². The first-order valence-corrected chi connectivity index (χ1v) is 7.53. The second-order valence-corrected chi connectivity index (χ2v) is 5.67.